The molecular weight excluding hydrogens is 254 g/mol. The number of aromatic nitrogens is 2. The van der Waals surface area contributed by atoms with Gasteiger partial charge in [0.1, 0.15) is 6.54 Å². The van der Waals surface area contributed by atoms with Gasteiger partial charge in [0, 0.05) is 11.8 Å². The third-order valence-corrected chi connectivity index (χ3v) is 2.81. The van der Waals surface area contributed by atoms with Crippen LogP contribution in [0, 0.1) is 20.8 Å². The molecular formula is C15H17N3O2. The zero-order valence-electron chi connectivity index (χ0n) is 11.8. The fourth-order valence-corrected chi connectivity index (χ4v) is 2.03. The molecule has 0 atom stereocenters. The molecule has 0 aliphatic heterocycles. The molecule has 1 N–H and O–H groups in total. The van der Waals surface area contributed by atoms with E-state index in [4.69, 9.17) is 0 Å². The summed E-state index contributed by atoms with van der Waals surface area (Å²) in [5, 5.41) is 6.71. The Hall–Kier alpha value is -2.43. The van der Waals surface area contributed by atoms with Gasteiger partial charge in [0.2, 0.25) is 5.91 Å². The van der Waals surface area contributed by atoms with Gasteiger partial charge in [-0.1, -0.05) is 6.07 Å². The van der Waals surface area contributed by atoms with Crippen LogP contribution in [0.2, 0.25) is 0 Å². The minimum absolute atomic E-state index is 0.0912. The van der Waals surface area contributed by atoms with Gasteiger partial charge in [-0.05, 0) is 49.6 Å². The quantitative estimate of drug-likeness (QED) is 0.926. The van der Waals surface area contributed by atoms with Gasteiger partial charge in [-0.25, -0.2) is 4.68 Å². The molecule has 5 heteroatoms. The van der Waals surface area contributed by atoms with Crippen LogP contribution in [0.3, 0.4) is 0 Å². The third-order valence-electron chi connectivity index (χ3n) is 2.81. The van der Waals surface area contributed by atoms with Crippen LogP contribution in [0.5, 0.6) is 0 Å². The average molecular weight is 271 g/mol. The normalized spacial score (nSPS) is 10.3. The van der Waals surface area contributed by atoms with Crippen LogP contribution < -0.4 is 10.9 Å². The maximum atomic E-state index is 11.9. The van der Waals surface area contributed by atoms with Crippen LogP contribution >= 0.6 is 0 Å². The summed E-state index contributed by atoms with van der Waals surface area (Å²) in [6.07, 6.45) is 1.56. The minimum atomic E-state index is -0.277. The molecule has 1 aromatic carbocycles. The zero-order valence-corrected chi connectivity index (χ0v) is 11.8. The number of anilines is 1. The SMILES string of the molecule is Cc1cc(C)cc(NC(=O)Cn2ncc(C)cc2=O)c1. The van der Waals surface area contributed by atoms with Crippen molar-refractivity contribution >= 4 is 11.6 Å². The number of rotatable bonds is 3. The van der Waals surface area contributed by atoms with Gasteiger partial charge in [-0.3, -0.25) is 9.59 Å². The Balaban J connectivity index is 2.11. The second kappa shape index (κ2) is 5.69. The Bertz CT molecular complexity index is 684. The Kier molecular flexibility index (Phi) is 3.98. The van der Waals surface area contributed by atoms with Crippen molar-refractivity contribution in [3.05, 3.63) is 57.5 Å². The molecule has 0 saturated heterocycles. The Morgan fingerprint density at radius 1 is 1.10 bits per heavy atom. The summed E-state index contributed by atoms with van der Waals surface area (Å²) in [7, 11) is 0. The number of nitrogens with zero attached hydrogens (tertiary/aromatic N) is 2. The predicted octanol–water partition coefficient (Wildman–Crippen LogP) is 1.81. The van der Waals surface area contributed by atoms with Crippen LogP contribution in [0.15, 0.2) is 35.3 Å². The molecule has 0 aliphatic carbocycles. The van der Waals surface area contributed by atoms with E-state index in [9.17, 15) is 9.59 Å². The van der Waals surface area contributed by atoms with Gasteiger partial charge in [0.15, 0.2) is 0 Å². The molecule has 1 aromatic heterocycles. The van der Waals surface area contributed by atoms with Crippen molar-refractivity contribution in [2.45, 2.75) is 27.3 Å². The summed E-state index contributed by atoms with van der Waals surface area (Å²) >= 11 is 0. The summed E-state index contributed by atoms with van der Waals surface area (Å²) in [5.41, 5.74) is 3.38. The van der Waals surface area contributed by atoms with E-state index in [0.717, 1.165) is 27.1 Å². The van der Waals surface area contributed by atoms with E-state index < -0.39 is 0 Å². The van der Waals surface area contributed by atoms with Crippen molar-refractivity contribution in [2.24, 2.45) is 0 Å². The lowest BCUT2D eigenvalue weighted by Crippen LogP contribution is -2.29. The molecule has 0 spiro atoms. The van der Waals surface area contributed by atoms with Crippen molar-refractivity contribution in [3.8, 4) is 0 Å². The number of carbonyl (C=O) groups excluding carboxylic acids is 1. The highest BCUT2D eigenvalue weighted by Gasteiger charge is 2.06. The highest BCUT2D eigenvalue weighted by atomic mass is 16.2. The molecule has 0 bridgehead atoms. The van der Waals surface area contributed by atoms with Crippen molar-refractivity contribution in [3.63, 3.8) is 0 Å². The lowest BCUT2D eigenvalue weighted by Gasteiger charge is -2.08. The van der Waals surface area contributed by atoms with Gasteiger partial charge in [0.05, 0.1) is 6.20 Å². The number of benzene rings is 1. The predicted molar refractivity (Wildman–Crippen MR) is 77.8 cm³/mol. The third kappa shape index (κ3) is 3.54. The summed E-state index contributed by atoms with van der Waals surface area (Å²) < 4.78 is 1.14. The zero-order chi connectivity index (χ0) is 14.7. The first-order valence-electron chi connectivity index (χ1n) is 6.36. The van der Waals surface area contributed by atoms with Crippen molar-refractivity contribution in [2.75, 3.05) is 5.32 Å². The van der Waals surface area contributed by atoms with E-state index in [1.807, 2.05) is 32.0 Å². The molecule has 0 saturated carbocycles. The van der Waals surface area contributed by atoms with Crippen LogP contribution in [-0.2, 0) is 11.3 Å². The van der Waals surface area contributed by atoms with Gasteiger partial charge in [-0.15, -0.1) is 0 Å². The molecule has 2 aromatic rings. The first-order valence-corrected chi connectivity index (χ1v) is 6.36. The number of aryl methyl sites for hydroxylation is 3. The molecule has 1 amide bonds. The number of amides is 1. The second-order valence-electron chi connectivity index (χ2n) is 4.95. The lowest BCUT2D eigenvalue weighted by molar-refractivity contribution is -0.117. The van der Waals surface area contributed by atoms with E-state index >= 15 is 0 Å². The largest absolute Gasteiger partial charge is 0.324 e. The van der Waals surface area contributed by atoms with Gasteiger partial charge < -0.3 is 5.32 Å². The first kappa shape index (κ1) is 14.0. The second-order valence-corrected chi connectivity index (χ2v) is 4.95. The van der Waals surface area contributed by atoms with Crippen molar-refractivity contribution in [1.29, 1.82) is 0 Å². The monoisotopic (exact) mass is 271 g/mol. The van der Waals surface area contributed by atoms with E-state index in [-0.39, 0.29) is 18.0 Å². The maximum absolute atomic E-state index is 11.9. The Morgan fingerprint density at radius 2 is 1.75 bits per heavy atom. The highest BCUT2D eigenvalue weighted by molar-refractivity contribution is 5.90. The molecule has 20 heavy (non-hydrogen) atoms. The van der Waals surface area contributed by atoms with Gasteiger partial charge in [-0.2, -0.15) is 5.10 Å². The van der Waals surface area contributed by atoms with Crippen LogP contribution in [0.1, 0.15) is 16.7 Å². The van der Waals surface area contributed by atoms with Crippen molar-refractivity contribution < 1.29 is 4.79 Å². The Labute approximate surface area is 117 Å². The fourth-order valence-electron chi connectivity index (χ4n) is 2.03. The molecule has 0 unspecified atom stereocenters. The molecule has 1 heterocycles. The van der Waals surface area contributed by atoms with E-state index in [0.29, 0.717) is 0 Å². The molecule has 5 nitrogen and oxygen atoms in total. The topological polar surface area (TPSA) is 64.0 Å². The minimum Gasteiger partial charge on any atom is -0.324 e. The molecule has 2 rings (SSSR count). The molecule has 0 radical (unpaired) electrons. The summed E-state index contributed by atoms with van der Waals surface area (Å²) in [5.74, 6) is -0.270. The molecule has 0 aliphatic rings. The van der Waals surface area contributed by atoms with E-state index in [1.54, 1.807) is 13.1 Å². The first-order chi connectivity index (χ1) is 9.44. The number of carbonyl (C=O) groups is 1. The summed E-state index contributed by atoms with van der Waals surface area (Å²) in [4.78, 5) is 23.6. The fraction of sp³-hybridized carbons (Fsp3) is 0.267. The number of hydrogen-bond acceptors (Lipinski definition) is 3. The highest BCUT2D eigenvalue weighted by Crippen LogP contribution is 2.13. The lowest BCUT2D eigenvalue weighted by atomic mass is 10.1. The van der Waals surface area contributed by atoms with E-state index in [1.165, 1.54) is 6.07 Å². The van der Waals surface area contributed by atoms with Gasteiger partial charge >= 0.3 is 0 Å². The summed E-state index contributed by atoms with van der Waals surface area (Å²) in [6, 6.07) is 7.26. The maximum Gasteiger partial charge on any atom is 0.267 e. The van der Waals surface area contributed by atoms with Crippen LogP contribution in [0.25, 0.3) is 0 Å². The van der Waals surface area contributed by atoms with Crippen molar-refractivity contribution in [1.82, 2.24) is 9.78 Å². The van der Waals surface area contributed by atoms with Crippen LogP contribution in [0.4, 0.5) is 5.69 Å². The standard InChI is InChI=1S/C15H17N3O2/c1-10-4-11(2)6-13(5-10)17-14(19)9-18-15(20)7-12(3)8-16-18/h4-8H,9H2,1-3H3,(H,17,19). The van der Waals surface area contributed by atoms with Crippen LogP contribution in [-0.4, -0.2) is 15.7 Å². The van der Waals surface area contributed by atoms with Gasteiger partial charge in [0.25, 0.3) is 5.56 Å². The average Bonchev–Trinajstić information content (AvgIpc) is 2.31. The molecule has 104 valence electrons. The number of hydrogen-bond donors (Lipinski definition) is 1. The molecule has 0 fully saturated rings. The van der Waals surface area contributed by atoms with E-state index in [2.05, 4.69) is 10.4 Å². The Morgan fingerprint density at radius 3 is 2.35 bits per heavy atom. The number of nitrogens with one attached hydrogen (secondary N) is 1. The smallest absolute Gasteiger partial charge is 0.267 e. The summed E-state index contributed by atoms with van der Waals surface area (Å²) in [6.45, 7) is 5.63.